The maximum Gasteiger partial charge on any atom is 0.163 e. The van der Waals surface area contributed by atoms with Gasteiger partial charge in [-0.05, 0) is 48.7 Å². The van der Waals surface area contributed by atoms with Crippen LogP contribution in [-0.4, -0.2) is 32.9 Å². The summed E-state index contributed by atoms with van der Waals surface area (Å²) in [6, 6.07) is 25.7. The van der Waals surface area contributed by atoms with Crippen molar-refractivity contribution in [3.8, 4) is 0 Å². The molecule has 0 radical (unpaired) electrons. The van der Waals surface area contributed by atoms with E-state index in [-0.39, 0.29) is 24.0 Å². The zero-order valence-electron chi connectivity index (χ0n) is 20.2. The number of fused-ring (bicyclic) bond motifs is 6. The number of ether oxygens (including phenoxy) is 2. The van der Waals surface area contributed by atoms with Crippen LogP contribution in [0.15, 0.2) is 85.2 Å². The van der Waals surface area contributed by atoms with Crippen LogP contribution in [-0.2, 0) is 9.47 Å². The fourth-order valence-electron chi connectivity index (χ4n) is 6.79. The van der Waals surface area contributed by atoms with Crippen molar-refractivity contribution in [2.45, 2.75) is 43.7 Å². The van der Waals surface area contributed by atoms with E-state index in [1.54, 1.807) is 0 Å². The number of rotatable bonds is 2. The molecule has 4 atom stereocenters. The van der Waals surface area contributed by atoms with Crippen LogP contribution in [0.4, 0.5) is 0 Å². The second-order valence-electron chi connectivity index (χ2n) is 10.6. The minimum Gasteiger partial charge on any atom is -0.361 e. The van der Waals surface area contributed by atoms with Gasteiger partial charge in [-0.15, -0.1) is 0 Å². The Morgan fingerprint density at radius 2 is 1.11 bits per heavy atom. The highest BCUT2D eigenvalue weighted by molar-refractivity contribution is 5.91. The monoisotopic (exact) mass is 473 g/mol. The van der Waals surface area contributed by atoms with E-state index in [0.29, 0.717) is 0 Å². The van der Waals surface area contributed by atoms with Gasteiger partial charge in [0.1, 0.15) is 6.10 Å². The Hall–Kier alpha value is -3.80. The largest absolute Gasteiger partial charge is 0.361 e. The first-order chi connectivity index (χ1) is 17.6. The first-order valence-electron chi connectivity index (χ1n) is 12.7. The minimum atomic E-state index is -0.677. The van der Waals surface area contributed by atoms with Crippen molar-refractivity contribution in [3.05, 3.63) is 108 Å². The van der Waals surface area contributed by atoms with Gasteiger partial charge in [0.05, 0.1) is 12.0 Å². The number of para-hydroxylation sites is 3. The Morgan fingerprint density at radius 1 is 0.611 bits per heavy atom. The average molecular weight is 474 g/mol. The number of benzene rings is 3. The SMILES string of the molecule is CC1(C)OC2C(c3c[nH]c4ccccc34)c3[nH]c4ccccc4c3C(c3c[nH]c4ccccc34)C2O1. The maximum absolute atomic E-state index is 6.79. The van der Waals surface area contributed by atoms with Crippen LogP contribution in [0, 0.1) is 0 Å². The summed E-state index contributed by atoms with van der Waals surface area (Å²) in [5, 5.41) is 3.71. The summed E-state index contributed by atoms with van der Waals surface area (Å²) >= 11 is 0. The molecule has 1 fully saturated rings. The highest BCUT2D eigenvalue weighted by Gasteiger charge is 2.55. The molecule has 5 heteroatoms. The Morgan fingerprint density at radius 3 is 1.75 bits per heavy atom. The Balaban J connectivity index is 1.45. The van der Waals surface area contributed by atoms with E-state index in [9.17, 15) is 0 Å². The number of hydrogen-bond acceptors (Lipinski definition) is 2. The van der Waals surface area contributed by atoms with E-state index in [4.69, 9.17) is 9.47 Å². The summed E-state index contributed by atoms with van der Waals surface area (Å²) in [4.78, 5) is 10.8. The maximum atomic E-state index is 6.79. The van der Waals surface area contributed by atoms with Gasteiger partial charge < -0.3 is 24.4 Å². The van der Waals surface area contributed by atoms with E-state index >= 15 is 0 Å². The van der Waals surface area contributed by atoms with Crippen molar-refractivity contribution in [1.29, 1.82) is 0 Å². The fraction of sp³-hybridized carbons (Fsp3) is 0.226. The normalized spacial score (nSPS) is 24.9. The molecular weight excluding hydrogens is 446 g/mol. The molecule has 1 aliphatic carbocycles. The molecule has 3 aromatic carbocycles. The molecule has 0 amide bonds. The van der Waals surface area contributed by atoms with Crippen molar-refractivity contribution < 1.29 is 9.47 Å². The molecule has 0 spiro atoms. The summed E-state index contributed by atoms with van der Waals surface area (Å²) in [6.07, 6.45) is 4.05. The summed E-state index contributed by atoms with van der Waals surface area (Å²) in [6.45, 7) is 4.08. The van der Waals surface area contributed by atoms with Gasteiger partial charge in [0.15, 0.2) is 5.79 Å². The van der Waals surface area contributed by atoms with Gasteiger partial charge in [0.25, 0.3) is 0 Å². The molecule has 0 bridgehead atoms. The first kappa shape index (κ1) is 20.4. The van der Waals surface area contributed by atoms with Crippen LogP contribution >= 0.6 is 0 Å². The summed E-state index contributed by atoms with van der Waals surface area (Å²) in [7, 11) is 0. The van der Waals surface area contributed by atoms with Gasteiger partial charge in [-0.2, -0.15) is 0 Å². The molecule has 8 rings (SSSR count). The van der Waals surface area contributed by atoms with Crippen molar-refractivity contribution >= 4 is 32.7 Å². The molecule has 178 valence electrons. The molecule has 4 unspecified atom stereocenters. The minimum absolute atomic E-state index is 0.0109. The quantitative estimate of drug-likeness (QED) is 0.255. The smallest absolute Gasteiger partial charge is 0.163 e. The van der Waals surface area contributed by atoms with Crippen LogP contribution in [0.3, 0.4) is 0 Å². The van der Waals surface area contributed by atoms with Crippen LogP contribution in [0.5, 0.6) is 0 Å². The Kier molecular flexibility index (Phi) is 4.04. The lowest BCUT2D eigenvalue weighted by molar-refractivity contribution is -0.147. The number of H-pyrrole nitrogens is 3. The fourth-order valence-corrected chi connectivity index (χ4v) is 6.79. The lowest BCUT2D eigenvalue weighted by Crippen LogP contribution is -2.40. The topological polar surface area (TPSA) is 65.8 Å². The number of aromatic nitrogens is 3. The van der Waals surface area contributed by atoms with E-state index < -0.39 is 5.79 Å². The molecule has 1 aliphatic heterocycles. The van der Waals surface area contributed by atoms with Crippen LogP contribution in [0.25, 0.3) is 32.7 Å². The van der Waals surface area contributed by atoms with Crippen LogP contribution < -0.4 is 0 Å². The third kappa shape index (κ3) is 2.73. The van der Waals surface area contributed by atoms with Gasteiger partial charge >= 0.3 is 0 Å². The predicted octanol–water partition coefficient (Wildman–Crippen LogP) is 6.93. The molecule has 3 aromatic heterocycles. The first-order valence-corrected chi connectivity index (χ1v) is 12.7. The number of hydrogen-bond donors (Lipinski definition) is 3. The summed E-state index contributed by atoms with van der Waals surface area (Å²) in [5.74, 6) is -0.638. The summed E-state index contributed by atoms with van der Waals surface area (Å²) in [5.41, 5.74) is 8.46. The predicted molar refractivity (Wildman–Crippen MR) is 142 cm³/mol. The van der Waals surface area contributed by atoms with E-state index in [2.05, 4.69) is 100 Å². The summed E-state index contributed by atoms with van der Waals surface area (Å²) < 4.78 is 13.6. The molecule has 1 saturated heterocycles. The lowest BCUT2D eigenvalue weighted by atomic mass is 9.70. The molecule has 2 aliphatic rings. The van der Waals surface area contributed by atoms with Gasteiger partial charge in [-0.1, -0.05) is 54.6 Å². The van der Waals surface area contributed by atoms with Crippen molar-refractivity contribution in [3.63, 3.8) is 0 Å². The second-order valence-corrected chi connectivity index (χ2v) is 10.6. The molecular formula is C31H27N3O2. The van der Waals surface area contributed by atoms with Crippen molar-refractivity contribution in [1.82, 2.24) is 15.0 Å². The van der Waals surface area contributed by atoms with Gasteiger partial charge in [-0.3, -0.25) is 0 Å². The third-order valence-corrected chi connectivity index (χ3v) is 8.13. The Bertz CT molecular complexity index is 1770. The molecule has 36 heavy (non-hydrogen) atoms. The lowest BCUT2D eigenvalue weighted by Gasteiger charge is -2.37. The number of aromatic amines is 3. The van der Waals surface area contributed by atoms with E-state index in [0.717, 1.165) is 16.6 Å². The molecule has 0 saturated carbocycles. The van der Waals surface area contributed by atoms with Gasteiger partial charge in [-0.25, -0.2) is 0 Å². The zero-order chi connectivity index (χ0) is 24.0. The molecule has 3 N–H and O–H groups in total. The number of nitrogens with one attached hydrogen (secondary N) is 3. The average Bonchev–Trinajstić information content (AvgIpc) is 3.65. The zero-order valence-corrected chi connectivity index (χ0v) is 20.2. The molecule has 5 nitrogen and oxygen atoms in total. The van der Waals surface area contributed by atoms with Gasteiger partial charge in [0.2, 0.25) is 0 Å². The standard InChI is InChI=1S/C31H27N3O2/c1-31(2)35-29-26(20-15-32-22-12-6-3-9-17(20)22)25-19-11-5-8-14-24(19)34-28(25)27(30(29)36-31)21-16-33-23-13-7-4-10-18(21)23/h3-16,26-27,29-30,32-34H,1-2H3. The highest BCUT2D eigenvalue weighted by Crippen LogP contribution is 2.55. The van der Waals surface area contributed by atoms with Crippen LogP contribution in [0.1, 0.15) is 48.1 Å². The second kappa shape index (κ2) is 7.12. The van der Waals surface area contributed by atoms with E-state index in [1.165, 1.54) is 38.5 Å². The van der Waals surface area contributed by atoms with Gasteiger partial charge in [0, 0.05) is 56.7 Å². The van der Waals surface area contributed by atoms with Crippen LogP contribution in [0.2, 0.25) is 0 Å². The Labute approximate surface area is 208 Å². The van der Waals surface area contributed by atoms with Crippen molar-refractivity contribution in [2.24, 2.45) is 0 Å². The third-order valence-electron chi connectivity index (χ3n) is 8.13. The van der Waals surface area contributed by atoms with E-state index in [1.807, 2.05) is 13.8 Å². The molecule has 4 heterocycles. The molecule has 6 aromatic rings. The van der Waals surface area contributed by atoms with Crippen molar-refractivity contribution in [2.75, 3.05) is 0 Å². The highest BCUT2D eigenvalue weighted by atomic mass is 16.8.